The molecule has 3 heterocycles. The molecule has 0 unspecified atom stereocenters. The monoisotopic (exact) mass is 1190 g/mol. The van der Waals surface area contributed by atoms with Crippen LogP contribution in [0.25, 0.3) is 44.4 Å². The molecule has 398 valence electrons. The van der Waals surface area contributed by atoms with Gasteiger partial charge in [-0.15, -0.1) is 53.8 Å². The number of aromatic nitrogens is 2. The molecule has 0 saturated carbocycles. The summed E-state index contributed by atoms with van der Waals surface area (Å²) in [4.78, 5) is 9.69. The molecule has 10 rings (SSSR count). The van der Waals surface area contributed by atoms with Gasteiger partial charge in [-0.1, -0.05) is 218 Å². The first-order valence-electron chi connectivity index (χ1n) is 27.2. The third-order valence-corrected chi connectivity index (χ3v) is 15.4. The van der Waals surface area contributed by atoms with E-state index in [9.17, 15) is 0 Å². The molecule has 0 saturated heterocycles. The SMILES string of the molecule is CC(C)c1cccc(C(C)C)c1-c1cc(Oc2[c-]c3c(c(C(C)(C)C)c2)c2ccccc2n3-c2cc(C(C)(C)c3ccccc3)ccn2)[c-]c(N2C=C(c3ccccc3)N(c3cc(C(C)(C)C)cc(C(C)(C)C)c3)[CH-]2)c1.[Pt]. The zero-order valence-electron chi connectivity index (χ0n) is 47.8. The first kappa shape index (κ1) is 55.1. The maximum atomic E-state index is 7.32. The number of fused-ring (bicyclic) bond motifs is 3. The van der Waals surface area contributed by atoms with Crippen molar-refractivity contribution in [3.63, 3.8) is 0 Å². The zero-order chi connectivity index (χ0) is 54.1. The van der Waals surface area contributed by atoms with Crippen molar-refractivity contribution in [3.05, 3.63) is 227 Å². The molecule has 0 bridgehead atoms. The minimum atomic E-state index is -0.263. The van der Waals surface area contributed by atoms with Crippen molar-refractivity contribution in [2.45, 2.75) is 137 Å². The van der Waals surface area contributed by atoms with Gasteiger partial charge in [0, 0.05) is 61.1 Å². The number of hydrogen-bond acceptors (Lipinski definition) is 4. The molecule has 0 atom stereocenters. The van der Waals surface area contributed by atoms with Gasteiger partial charge in [-0.3, -0.25) is 0 Å². The summed E-state index contributed by atoms with van der Waals surface area (Å²) in [5, 5.41) is 2.30. The van der Waals surface area contributed by atoms with Crippen LogP contribution in [0.2, 0.25) is 0 Å². The van der Waals surface area contributed by atoms with Gasteiger partial charge in [-0.2, -0.15) is 0 Å². The Kier molecular flexibility index (Phi) is 15.0. The Hall–Kier alpha value is -6.68. The second-order valence-electron chi connectivity index (χ2n) is 25.2. The topological polar surface area (TPSA) is 33.5 Å². The molecule has 1 aliphatic heterocycles. The Morgan fingerprint density at radius 1 is 0.545 bits per heavy atom. The summed E-state index contributed by atoms with van der Waals surface area (Å²) in [5.74, 6) is 2.63. The molecular formula is C71H75N4OPt-3. The Bertz CT molecular complexity index is 3580. The number of benzene rings is 7. The third-order valence-electron chi connectivity index (χ3n) is 15.4. The molecule has 6 heteroatoms. The summed E-state index contributed by atoms with van der Waals surface area (Å²) in [6.07, 6.45) is 4.20. The van der Waals surface area contributed by atoms with E-state index in [-0.39, 0.29) is 54.6 Å². The smallest absolute Gasteiger partial charge is 0.135 e. The number of pyridine rings is 1. The average Bonchev–Trinajstić information content (AvgIpc) is 4.01. The van der Waals surface area contributed by atoms with E-state index in [0.29, 0.717) is 11.5 Å². The summed E-state index contributed by atoms with van der Waals surface area (Å²) < 4.78 is 9.60. The molecule has 0 aliphatic carbocycles. The van der Waals surface area contributed by atoms with Gasteiger partial charge in [0.1, 0.15) is 5.82 Å². The molecule has 0 amide bonds. The summed E-state index contributed by atoms with van der Waals surface area (Å²) >= 11 is 0. The quantitative estimate of drug-likeness (QED) is 0.121. The Balaban J connectivity index is 0.00000722. The maximum absolute atomic E-state index is 7.32. The third kappa shape index (κ3) is 10.8. The molecule has 7 aromatic carbocycles. The van der Waals surface area contributed by atoms with Gasteiger partial charge in [-0.05, 0) is 115 Å². The van der Waals surface area contributed by atoms with Crippen LogP contribution in [0, 0.1) is 18.8 Å². The van der Waals surface area contributed by atoms with Crippen LogP contribution in [0.5, 0.6) is 11.5 Å². The molecule has 0 spiro atoms. The number of para-hydroxylation sites is 1. The normalized spacial score (nSPS) is 13.5. The van der Waals surface area contributed by atoms with Crippen LogP contribution in [0.4, 0.5) is 11.4 Å². The summed E-state index contributed by atoms with van der Waals surface area (Å²) in [6, 6.07) is 62.8. The van der Waals surface area contributed by atoms with Crippen LogP contribution < -0.4 is 14.5 Å². The van der Waals surface area contributed by atoms with Crippen LogP contribution in [-0.4, -0.2) is 9.55 Å². The predicted molar refractivity (Wildman–Crippen MR) is 321 cm³/mol. The minimum Gasteiger partial charge on any atom is -0.509 e. The number of nitrogens with zero attached hydrogens (tertiary/aromatic N) is 4. The first-order valence-corrected chi connectivity index (χ1v) is 27.2. The second-order valence-corrected chi connectivity index (χ2v) is 25.2. The van der Waals surface area contributed by atoms with Crippen LogP contribution in [0.3, 0.4) is 0 Å². The predicted octanol–water partition coefficient (Wildman–Crippen LogP) is 19.1. The number of anilines is 2. The largest absolute Gasteiger partial charge is 0.509 e. The van der Waals surface area contributed by atoms with Gasteiger partial charge in [0.2, 0.25) is 0 Å². The second kappa shape index (κ2) is 20.9. The molecule has 0 radical (unpaired) electrons. The molecule has 0 fully saturated rings. The molecule has 9 aromatic rings. The zero-order valence-corrected chi connectivity index (χ0v) is 50.1. The molecule has 2 aromatic heterocycles. The Morgan fingerprint density at radius 3 is 1.75 bits per heavy atom. The van der Waals surface area contributed by atoms with Crippen LogP contribution in [-0.2, 0) is 42.7 Å². The van der Waals surface area contributed by atoms with E-state index >= 15 is 0 Å². The van der Waals surface area contributed by atoms with Crippen molar-refractivity contribution in [3.8, 4) is 28.4 Å². The van der Waals surface area contributed by atoms with Crippen molar-refractivity contribution in [1.82, 2.24) is 9.55 Å². The fourth-order valence-corrected chi connectivity index (χ4v) is 10.9. The van der Waals surface area contributed by atoms with Crippen molar-refractivity contribution in [2.75, 3.05) is 9.80 Å². The van der Waals surface area contributed by atoms with Crippen molar-refractivity contribution in [2.24, 2.45) is 0 Å². The van der Waals surface area contributed by atoms with Gasteiger partial charge in [0.05, 0.1) is 0 Å². The molecule has 77 heavy (non-hydrogen) atoms. The van der Waals surface area contributed by atoms with Gasteiger partial charge in [-0.25, -0.2) is 4.98 Å². The summed E-state index contributed by atoms with van der Waals surface area (Å²) in [5.41, 5.74) is 16.6. The summed E-state index contributed by atoms with van der Waals surface area (Å²) in [6.45, 7) is 36.6. The van der Waals surface area contributed by atoms with Crippen LogP contribution in [0.1, 0.15) is 160 Å². The maximum Gasteiger partial charge on any atom is 0.135 e. The summed E-state index contributed by atoms with van der Waals surface area (Å²) in [7, 11) is 0. The Labute approximate surface area is 474 Å². The van der Waals surface area contributed by atoms with Crippen molar-refractivity contribution < 1.29 is 25.8 Å². The van der Waals surface area contributed by atoms with Gasteiger partial charge >= 0.3 is 0 Å². The Morgan fingerprint density at radius 2 is 1.14 bits per heavy atom. The molecule has 0 N–H and O–H groups in total. The molecule has 1 aliphatic rings. The van der Waals surface area contributed by atoms with Gasteiger partial charge in [0.15, 0.2) is 0 Å². The van der Waals surface area contributed by atoms with Crippen LogP contribution >= 0.6 is 0 Å². The van der Waals surface area contributed by atoms with Gasteiger partial charge < -0.3 is 19.1 Å². The van der Waals surface area contributed by atoms with E-state index in [4.69, 9.17) is 9.72 Å². The number of ether oxygens (including phenoxy) is 1. The van der Waals surface area contributed by atoms with E-state index in [1.165, 1.54) is 44.5 Å². The molecule has 5 nitrogen and oxygen atoms in total. The fraction of sp³-hybridized carbons (Fsp3) is 0.296. The minimum absolute atomic E-state index is 0. The number of hydrogen-bond donors (Lipinski definition) is 0. The van der Waals surface area contributed by atoms with Crippen molar-refractivity contribution in [1.29, 1.82) is 0 Å². The van der Waals surface area contributed by atoms with Crippen molar-refractivity contribution >= 4 is 38.9 Å². The van der Waals surface area contributed by atoms with E-state index in [1.807, 2.05) is 6.20 Å². The number of rotatable bonds is 11. The van der Waals surface area contributed by atoms with Gasteiger partial charge in [0.25, 0.3) is 0 Å². The standard InChI is InChI=1S/C71H75N4O.Pt/c1-46(2)58-30-24-31-59(47(3)4)66(58)49-35-54(73-44-64(48-25-18-16-19-26-48)74(45-73)55-38-52(68(5,6)7)37-53(39-55)69(8,9)10)41-56(36-49)76-57-42-61(70(11,12)13)67-60-29-22-23-32-62(60)75(63(67)43-57)65-40-51(33-34-72-65)71(14,15)50-27-20-17-21-28-50;/h16-40,42,44-47H,1-15H3;/q-3;. The van der Waals surface area contributed by atoms with E-state index in [1.54, 1.807) is 0 Å². The van der Waals surface area contributed by atoms with E-state index in [0.717, 1.165) is 55.8 Å². The first-order chi connectivity index (χ1) is 36.0. The van der Waals surface area contributed by atoms with E-state index in [2.05, 4.69) is 295 Å². The molecular weight excluding hydrogens is 1120 g/mol. The van der Waals surface area contributed by atoms with Crippen LogP contribution in [0.15, 0.2) is 164 Å². The fourth-order valence-electron chi connectivity index (χ4n) is 10.9. The average molecular weight is 1200 g/mol. The van der Waals surface area contributed by atoms with E-state index < -0.39 is 0 Å².